The molecule has 0 aromatic heterocycles. The Kier molecular flexibility index (Phi) is 4.39. The molecule has 14 heavy (non-hydrogen) atoms. The van der Waals surface area contributed by atoms with Gasteiger partial charge in [-0.1, -0.05) is 39.5 Å². The average molecular weight is 198 g/mol. The summed E-state index contributed by atoms with van der Waals surface area (Å²) >= 11 is 0. The minimum Gasteiger partial charge on any atom is -0.326 e. The van der Waals surface area contributed by atoms with Gasteiger partial charge in [0, 0.05) is 11.6 Å². The molecule has 0 radical (unpaired) electrons. The van der Waals surface area contributed by atoms with Crippen LogP contribution in [-0.4, -0.2) is 11.6 Å². The van der Waals surface area contributed by atoms with Gasteiger partial charge in [0.2, 0.25) is 0 Å². The lowest BCUT2D eigenvalue weighted by molar-refractivity contribution is 0.152. The van der Waals surface area contributed by atoms with E-state index in [1.807, 2.05) is 0 Å². The Labute approximate surface area is 88.4 Å². The third-order valence-electron chi connectivity index (χ3n) is 3.96. The molecular formula is C12H26N2. The van der Waals surface area contributed by atoms with Gasteiger partial charge in [0.15, 0.2) is 0 Å². The molecule has 1 rings (SSSR count). The van der Waals surface area contributed by atoms with E-state index in [1.165, 1.54) is 32.1 Å². The van der Waals surface area contributed by atoms with Crippen molar-refractivity contribution in [2.45, 2.75) is 70.4 Å². The van der Waals surface area contributed by atoms with Crippen LogP contribution >= 0.6 is 0 Å². The van der Waals surface area contributed by atoms with Crippen molar-refractivity contribution < 1.29 is 0 Å². The van der Waals surface area contributed by atoms with Crippen molar-refractivity contribution in [2.75, 3.05) is 0 Å². The quantitative estimate of drug-likeness (QED) is 0.729. The molecule has 0 aliphatic heterocycles. The first-order valence-corrected chi connectivity index (χ1v) is 6.19. The van der Waals surface area contributed by atoms with Gasteiger partial charge in [-0.05, 0) is 25.2 Å². The normalized spacial score (nSPS) is 35.6. The van der Waals surface area contributed by atoms with Gasteiger partial charge in [-0.2, -0.15) is 0 Å². The highest BCUT2D eigenvalue weighted by Crippen LogP contribution is 2.35. The van der Waals surface area contributed by atoms with Gasteiger partial charge in [0.25, 0.3) is 0 Å². The summed E-state index contributed by atoms with van der Waals surface area (Å²) in [6.45, 7) is 4.48. The molecule has 2 nitrogen and oxygen atoms in total. The minimum atomic E-state index is -0.0665. The molecule has 3 unspecified atom stereocenters. The maximum atomic E-state index is 6.52. The molecule has 0 saturated heterocycles. The molecule has 0 bridgehead atoms. The van der Waals surface area contributed by atoms with Crippen molar-refractivity contribution in [3.63, 3.8) is 0 Å². The predicted octanol–water partition coefficient (Wildman–Crippen LogP) is 2.41. The SMILES string of the molecule is CCCC(CC)C1(N)CCCCC1N. The molecule has 2 heteroatoms. The van der Waals surface area contributed by atoms with Gasteiger partial charge in [-0.15, -0.1) is 0 Å². The fraction of sp³-hybridized carbons (Fsp3) is 1.00. The van der Waals surface area contributed by atoms with E-state index >= 15 is 0 Å². The zero-order valence-electron chi connectivity index (χ0n) is 9.76. The molecule has 0 spiro atoms. The lowest BCUT2D eigenvalue weighted by Crippen LogP contribution is -2.61. The number of hydrogen-bond donors (Lipinski definition) is 2. The first kappa shape index (κ1) is 12.0. The fourth-order valence-corrected chi connectivity index (χ4v) is 2.96. The van der Waals surface area contributed by atoms with Crippen LogP contribution in [0.1, 0.15) is 58.8 Å². The van der Waals surface area contributed by atoms with E-state index in [1.54, 1.807) is 0 Å². The van der Waals surface area contributed by atoms with E-state index in [2.05, 4.69) is 13.8 Å². The van der Waals surface area contributed by atoms with Gasteiger partial charge < -0.3 is 11.5 Å². The molecule has 84 valence electrons. The summed E-state index contributed by atoms with van der Waals surface area (Å²) in [7, 11) is 0. The second-order valence-electron chi connectivity index (χ2n) is 4.86. The topological polar surface area (TPSA) is 52.0 Å². The summed E-state index contributed by atoms with van der Waals surface area (Å²) in [5.41, 5.74) is 12.6. The van der Waals surface area contributed by atoms with Crippen molar-refractivity contribution in [1.29, 1.82) is 0 Å². The van der Waals surface area contributed by atoms with E-state index in [-0.39, 0.29) is 11.6 Å². The molecule has 0 heterocycles. The van der Waals surface area contributed by atoms with Gasteiger partial charge in [0.1, 0.15) is 0 Å². The Balaban J connectivity index is 2.67. The molecule has 0 aromatic carbocycles. The Hall–Kier alpha value is -0.0800. The van der Waals surface area contributed by atoms with Gasteiger partial charge in [-0.25, -0.2) is 0 Å². The van der Waals surface area contributed by atoms with Gasteiger partial charge in [0.05, 0.1) is 0 Å². The van der Waals surface area contributed by atoms with E-state index < -0.39 is 0 Å². The van der Waals surface area contributed by atoms with Crippen LogP contribution in [0.25, 0.3) is 0 Å². The molecule has 4 N–H and O–H groups in total. The second-order valence-corrected chi connectivity index (χ2v) is 4.86. The number of hydrogen-bond acceptors (Lipinski definition) is 2. The smallest absolute Gasteiger partial charge is 0.0336 e. The molecular weight excluding hydrogens is 172 g/mol. The van der Waals surface area contributed by atoms with Crippen molar-refractivity contribution in [3.05, 3.63) is 0 Å². The summed E-state index contributed by atoms with van der Waals surface area (Å²) in [5, 5.41) is 0. The highest BCUT2D eigenvalue weighted by Gasteiger charge is 2.40. The molecule has 1 aliphatic rings. The van der Waals surface area contributed by atoms with E-state index in [0.717, 1.165) is 12.8 Å². The van der Waals surface area contributed by atoms with Crippen LogP contribution in [0, 0.1) is 5.92 Å². The highest BCUT2D eigenvalue weighted by atomic mass is 14.9. The Morgan fingerprint density at radius 1 is 1.36 bits per heavy atom. The standard InChI is InChI=1S/C12H26N2/c1-3-7-10(4-2)12(14)9-6-5-8-11(12)13/h10-11H,3-9,13-14H2,1-2H3. The van der Waals surface area contributed by atoms with Crippen LogP contribution in [0.2, 0.25) is 0 Å². The van der Waals surface area contributed by atoms with Crippen LogP contribution in [-0.2, 0) is 0 Å². The third-order valence-corrected chi connectivity index (χ3v) is 3.96. The average Bonchev–Trinajstić information content (AvgIpc) is 2.19. The van der Waals surface area contributed by atoms with Crippen LogP contribution < -0.4 is 11.5 Å². The summed E-state index contributed by atoms with van der Waals surface area (Å²) in [6.07, 6.45) is 8.43. The van der Waals surface area contributed by atoms with Crippen molar-refractivity contribution >= 4 is 0 Å². The highest BCUT2D eigenvalue weighted by molar-refractivity contribution is 5.01. The molecule has 1 aliphatic carbocycles. The second kappa shape index (κ2) is 5.13. The summed E-state index contributed by atoms with van der Waals surface area (Å²) in [6, 6.07) is 0.229. The number of rotatable bonds is 4. The van der Waals surface area contributed by atoms with Crippen molar-refractivity contribution in [2.24, 2.45) is 17.4 Å². The molecule has 3 atom stereocenters. The Morgan fingerprint density at radius 3 is 2.57 bits per heavy atom. The fourth-order valence-electron chi connectivity index (χ4n) is 2.96. The van der Waals surface area contributed by atoms with Crippen LogP contribution in [0.15, 0.2) is 0 Å². The molecule has 1 fully saturated rings. The zero-order valence-corrected chi connectivity index (χ0v) is 9.76. The van der Waals surface area contributed by atoms with E-state index in [9.17, 15) is 0 Å². The first-order valence-electron chi connectivity index (χ1n) is 6.19. The lowest BCUT2D eigenvalue weighted by atomic mass is 9.68. The summed E-state index contributed by atoms with van der Waals surface area (Å²) in [5.74, 6) is 0.628. The third kappa shape index (κ3) is 2.29. The Bertz CT molecular complexity index is 170. The van der Waals surface area contributed by atoms with E-state index in [4.69, 9.17) is 11.5 Å². The van der Waals surface area contributed by atoms with Gasteiger partial charge >= 0.3 is 0 Å². The summed E-state index contributed by atoms with van der Waals surface area (Å²) < 4.78 is 0. The predicted molar refractivity (Wildman–Crippen MR) is 62.1 cm³/mol. The van der Waals surface area contributed by atoms with Crippen molar-refractivity contribution in [3.8, 4) is 0 Å². The summed E-state index contributed by atoms with van der Waals surface area (Å²) in [4.78, 5) is 0. The Morgan fingerprint density at radius 2 is 2.07 bits per heavy atom. The van der Waals surface area contributed by atoms with E-state index in [0.29, 0.717) is 5.92 Å². The molecule has 1 saturated carbocycles. The number of nitrogens with two attached hydrogens (primary N) is 2. The van der Waals surface area contributed by atoms with Crippen molar-refractivity contribution in [1.82, 2.24) is 0 Å². The monoisotopic (exact) mass is 198 g/mol. The molecule has 0 aromatic rings. The zero-order chi connectivity index (χ0) is 10.6. The maximum Gasteiger partial charge on any atom is 0.0336 e. The lowest BCUT2D eigenvalue weighted by Gasteiger charge is -2.45. The largest absolute Gasteiger partial charge is 0.326 e. The molecule has 0 amide bonds. The minimum absolute atomic E-state index is 0.0665. The van der Waals surface area contributed by atoms with Crippen LogP contribution in [0.5, 0.6) is 0 Å². The van der Waals surface area contributed by atoms with Crippen LogP contribution in [0.3, 0.4) is 0 Å². The van der Waals surface area contributed by atoms with Gasteiger partial charge in [-0.3, -0.25) is 0 Å². The van der Waals surface area contributed by atoms with Crippen LogP contribution in [0.4, 0.5) is 0 Å². The maximum absolute atomic E-state index is 6.52. The first-order chi connectivity index (χ1) is 6.65.